The van der Waals surface area contributed by atoms with Gasteiger partial charge in [0.05, 0.1) is 0 Å². The first-order chi connectivity index (χ1) is 8.79. The molecule has 4 nitrogen and oxygen atoms in total. The van der Waals surface area contributed by atoms with E-state index in [1.165, 1.54) is 24.9 Å². The number of anilines is 2. The Balaban J connectivity index is 1.94. The second-order valence-corrected chi connectivity index (χ2v) is 4.68. The summed E-state index contributed by atoms with van der Waals surface area (Å²) in [6.45, 7) is 2.66. The topological polar surface area (TPSA) is 58.4 Å². The van der Waals surface area contributed by atoms with Gasteiger partial charge in [0.2, 0.25) is 5.91 Å². The maximum Gasteiger partial charge on any atom is 0.225 e. The minimum Gasteiger partial charge on any atom is -0.372 e. The third-order valence-corrected chi connectivity index (χ3v) is 3.24. The summed E-state index contributed by atoms with van der Waals surface area (Å²) in [6.07, 6.45) is 4.25. The van der Waals surface area contributed by atoms with Gasteiger partial charge < -0.3 is 16.0 Å². The third kappa shape index (κ3) is 3.47. The van der Waals surface area contributed by atoms with Crippen LogP contribution in [0.4, 0.5) is 11.4 Å². The molecule has 0 aromatic heterocycles. The zero-order chi connectivity index (χ0) is 12.8. The second-order valence-electron chi connectivity index (χ2n) is 4.68. The van der Waals surface area contributed by atoms with Crippen LogP contribution in [0.15, 0.2) is 24.3 Å². The monoisotopic (exact) mass is 247 g/mol. The number of nitrogens with two attached hydrogens (primary N) is 1. The molecule has 1 aliphatic rings. The van der Waals surface area contributed by atoms with Crippen molar-refractivity contribution in [1.82, 2.24) is 0 Å². The van der Waals surface area contributed by atoms with E-state index in [0.29, 0.717) is 13.0 Å². The summed E-state index contributed by atoms with van der Waals surface area (Å²) in [5.41, 5.74) is 7.42. The quantitative estimate of drug-likeness (QED) is 0.855. The van der Waals surface area contributed by atoms with Crippen LogP contribution in [-0.2, 0) is 4.79 Å². The van der Waals surface area contributed by atoms with Crippen molar-refractivity contribution in [2.75, 3.05) is 29.9 Å². The van der Waals surface area contributed by atoms with Gasteiger partial charge in [-0.2, -0.15) is 0 Å². The van der Waals surface area contributed by atoms with E-state index in [4.69, 9.17) is 5.73 Å². The number of hydrogen-bond acceptors (Lipinski definition) is 3. The highest BCUT2D eigenvalue weighted by Crippen LogP contribution is 2.21. The number of benzene rings is 1. The van der Waals surface area contributed by atoms with Crippen molar-refractivity contribution >= 4 is 17.3 Å². The molecule has 1 aromatic carbocycles. The number of piperidine rings is 1. The zero-order valence-corrected chi connectivity index (χ0v) is 10.7. The summed E-state index contributed by atoms with van der Waals surface area (Å²) in [5.74, 6) is -0.0248. The average molecular weight is 247 g/mol. The van der Waals surface area contributed by atoms with Crippen molar-refractivity contribution in [2.45, 2.75) is 25.7 Å². The summed E-state index contributed by atoms with van der Waals surface area (Å²) in [7, 11) is 0. The molecule has 0 unspecified atom stereocenters. The smallest absolute Gasteiger partial charge is 0.225 e. The predicted molar refractivity (Wildman–Crippen MR) is 74.8 cm³/mol. The second kappa shape index (κ2) is 6.40. The van der Waals surface area contributed by atoms with Gasteiger partial charge in [0, 0.05) is 37.4 Å². The molecule has 18 heavy (non-hydrogen) atoms. The fourth-order valence-corrected chi connectivity index (χ4v) is 2.26. The molecule has 1 amide bonds. The molecule has 0 radical (unpaired) electrons. The third-order valence-electron chi connectivity index (χ3n) is 3.24. The van der Waals surface area contributed by atoms with E-state index < -0.39 is 0 Å². The Morgan fingerprint density at radius 1 is 1.17 bits per heavy atom. The van der Waals surface area contributed by atoms with Crippen molar-refractivity contribution in [2.24, 2.45) is 5.73 Å². The first-order valence-corrected chi connectivity index (χ1v) is 6.64. The van der Waals surface area contributed by atoms with Crippen LogP contribution in [0.3, 0.4) is 0 Å². The van der Waals surface area contributed by atoms with Crippen LogP contribution in [0.1, 0.15) is 25.7 Å². The lowest BCUT2D eigenvalue weighted by Gasteiger charge is -2.28. The van der Waals surface area contributed by atoms with E-state index >= 15 is 0 Å². The number of rotatable bonds is 4. The summed E-state index contributed by atoms with van der Waals surface area (Å²) in [4.78, 5) is 13.8. The van der Waals surface area contributed by atoms with Gasteiger partial charge in [0.25, 0.3) is 0 Å². The molecule has 1 heterocycles. The molecule has 2 rings (SSSR count). The van der Waals surface area contributed by atoms with Gasteiger partial charge in [-0.3, -0.25) is 4.79 Å². The predicted octanol–water partition coefficient (Wildman–Crippen LogP) is 1.96. The molecule has 3 N–H and O–H groups in total. The lowest BCUT2D eigenvalue weighted by atomic mass is 10.1. The van der Waals surface area contributed by atoms with Crippen molar-refractivity contribution in [3.05, 3.63) is 24.3 Å². The Labute approximate surface area is 108 Å². The molecule has 0 aliphatic carbocycles. The van der Waals surface area contributed by atoms with Gasteiger partial charge in [-0.25, -0.2) is 0 Å². The Morgan fingerprint density at radius 2 is 1.83 bits per heavy atom. The van der Waals surface area contributed by atoms with Crippen LogP contribution < -0.4 is 16.0 Å². The minimum absolute atomic E-state index is 0.0248. The highest BCUT2D eigenvalue weighted by atomic mass is 16.1. The largest absolute Gasteiger partial charge is 0.372 e. The van der Waals surface area contributed by atoms with Crippen LogP contribution in [0.2, 0.25) is 0 Å². The van der Waals surface area contributed by atoms with E-state index in [1.54, 1.807) is 0 Å². The van der Waals surface area contributed by atoms with Gasteiger partial charge in [0.15, 0.2) is 0 Å². The van der Waals surface area contributed by atoms with Crippen molar-refractivity contribution in [1.29, 1.82) is 0 Å². The SMILES string of the molecule is NCCC(=O)Nc1ccc(N2CCCCC2)cc1. The van der Waals surface area contributed by atoms with E-state index in [9.17, 15) is 4.79 Å². The Hall–Kier alpha value is -1.55. The fourth-order valence-electron chi connectivity index (χ4n) is 2.26. The van der Waals surface area contributed by atoms with Crippen LogP contribution >= 0.6 is 0 Å². The Kier molecular flexibility index (Phi) is 4.59. The molecular weight excluding hydrogens is 226 g/mol. The molecule has 1 aliphatic heterocycles. The Bertz CT molecular complexity index is 383. The number of hydrogen-bond donors (Lipinski definition) is 2. The zero-order valence-electron chi connectivity index (χ0n) is 10.7. The number of nitrogens with one attached hydrogen (secondary N) is 1. The molecule has 1 aromatic rings. The summed E-state index contributed by atoms with van der Waals surface area (Å²) in [5, 5.41) is 2.84. The normalized spacial score (nSPS) is 15.5. The van der Waals surface area contributed by atoms with E-state index in [1.807, 2.05) is 12.1 Å². The van der Waals surface area contributed by atoms with Crippen molar-refractivity contribution < 1.29 is 4.79 Å². The van der Waals surface area contributed by atoms with E-state index in [0.717, 1.165) is 18.8 Å². The first kappa shape index (κ1) is 12.9. The summed E-state index contributed by atoms with van der Waals surface area (Å²) < 4.78 is 0. The molecule has 0 bridgehead atoms. The fraction of sp³-hybridized carbons (Fsp3) is 0.500. The lowest BCUT2D eigenvalue weighted by Crippen LogP contribution is -2.29. The van der Waals surface area contributed by atoms with Crippen LogP contribution in [0, 0.1) is 0 Å². The van der Waals surface area contributed by atoms with Gasteiger partial charge in [-0.1, -0.05) is 0 Å². The summed E-state index contributed by atoms with van der Waals surface area (Å²) in [6, 6.07) is 8.06. The molecule has 1 fully saturated rings. The van der Waals surface area contributed by atoms with Crippen LogP contribution in [0.25, 0.3) is 0 Å². The number of carbonyl (C=O) groups is 1. The molecule has 1 saturated heterocycles. The van der Waals surface area contributed by atoms with Gasteiger partial charge in [-0.05, 0) is 43.5 Å². The summed E-state index contributed by atoms with van der Waals surface area (Å²) >= 11 is 0. The maximum absolute atomic E-state index is 11.4. The molecule has 0 saturated carbocycles. The highest BCUT2D eigenvalue weighted by molar-refractivity contribution is 5.90. The molecule has 98 valence electrons. The van der Waals surface area contributed by atoms with Crippen LogP contribution in [-0.4, -0.2) is 25.5 Å². The molecule has 4 heteroatoms. The standard InChI is InChI=1S/C14H21N3O/c15-9-8-14(18)16-12-4-6-13(7-5-12)17-10-2-1-3-11-17/h4-7H,1-3,8-11,15H2,(H,16,18). The average Bonchev–Trinajstić information content (AvgIpc) is 2.41. The highest BCUT2D eigenvalue weighted by Gasteiger charge is 2.10. The van der Waals surface area contributed by atoms with Gasteiger partial charge in [0.1, 0.15) is 0 Å². The lowest BCUT2D eigenvalue weighted by molar-refractivity contribution is -0.116. The molecular formula is C14H21N3O. The van der Waals surface area contributed by atoms with Crippen molar-refractivity contribution in [3.8, 4) is 0 Å². The number of carbonyl (C=O) groups excluding carboxylic acids is 1. The van der Waals surface area contributed by atoms with E-state index in [2.05, 4.69) is 22.3 Å². The first-order valence-electron chi connectivity index (χ1n) is 6.64. The Morgan fingerprint density at radius 3 is 2.44 bits per heavy atom. The van der Waals surface area contributed by atoms with Crippen LogP contribution in [0.5, 0.6) is 0 Å². The van der Waals surface area contributed by atoms with Gasteiger partial charge >= 0.3 is 0 Å². The molecule has 0 spiro atoms. The minimum atomic E-state index is -0.0248. The molecule has 0 atom stereocenters. The van der Waals surface area contributed by atoms with E-state index in [-0.39, 0.29) is 5.91 Å². The van der Waals surface area contributed by atoms with Gasteiger partial charge in [-0.15, -0.1) is 0 Å². The number of amides is 1. The number of nitrogens with zero attached hydrogens (tertiary/aromatic N) is 1. The maximum atomic E-state index is 11.4. The van der Waals surface area contributed by atoms with Crippen molar-refractivity contribution in [3.63, 3.8) is 0 Å².